The van der Waals surface area contributed by atoms with E-state index in [-0.39, 0.29) is 0 Å². The van der Waals surface area contributed by atoms with Crippen LogP contribution in [0, 0.1) is 6.92 Å². The van der Waals surface area contributed by atoms with Crippen molar-refractivity contribution in [3.63, 3.8) is 0 Å². The first-order valence-electron chi connectivity index (χ1n) is 9.57. The Morgan fingerprint density at radius 2 is 0.963 bits per heavy atom. The molecule has 1 rings (SSSR count). The van der Waals surface area contributed by atoms with Gasteiger partial charge in [-0.2, -0.15) is 0 Å². The summed E-state index contributed by atoms with van der Waals surface area (Å²) >= 11 is 0. The molecule has 0 fully saturated rings. The maximum absolute atomic E-state index is 5.49. The summed E-state index contributed by atoms with van der Waals surface area (Å²) in [5.41, 5.74) is 0.958. The zero-order valence-electron chi connectivity index (χ0n) is 16.7. The van der Waals surface area contributed by atoms with E-state index >= 15 is 0 Å². The van der Waals surface area contributed by atoms with Crippen LogP contribution in [0.15, 0.2) is 12.4 Å². The Bertz CT molecular complexity index is 433. The van der Waals surface area contributed by atoms with Gasteiger partial charge in [0.05, 0.1) is 72.7 Å². The van der Waals surface area contributed by atoms with Crippen LogP contribution in [-0.4, -0.2) is 82.6 Å². The lowest BCUT2D eigenvalue weighted by Crippen LogP contribution is -2.14. The minimum absolute atomic E-state index is 0.493. The number of ether oxygens (including phenoxy) is 6. The molecule has 27 heavy (non-hydrogen) atoms. The Labute approximate surface area is 162 Å². The van der Waals surface area contributed by atoms with Gasteiger partial charge < -0.3 is 28.4 Å². The third-order valence-corrected chi connectivity index (χ3v) is 3.31. The van der Waals surface area contributed by atoms with Crippen molar-refractivity contribution in [3.8, 4) is 0 Å². The Morgan fingerprint density at radius 1 is 0.593 bits per heavy atom. The number of rotatable bonds is 19. The fourth-order valence-corrected chi connectivity index (χ4v) is 1.93. The van der Waals surface area contributed by atoms with E-state index < -0.39 is 0 Å². The minimum atomic E-state index is 0.493. The van der Waals surface area contributed by atoms with Gasteiger partial charge in [-0.3, -0.25) is 0 Å². The van der Waals surface area contributed by atoms with E-state index in [1.54, 1.807) is 12.4 Å². The van der Waals surface area contributed by atoms with Crippen LogP contribution in [0.25, 0.3) is 0 Å². The molecule has 0 N–H and O–H groups in total. The third-order valence-electron chi connectivity index (χ3n) is 3.31. The Morgan fingerprint density at radius 3 is 1.37 bits per heavy atom. The molecule has 0 atom stereocenters. The number of hydrogen-bond donors (Lipinski definition) is 0. The molecule has 0 saturated heterocycles. The summed E-state index contributed by atoms with van der Waals surface area (Å²) in [4.78, 5) is 8.23. The van der Waals surface area contributed by atoms with E-state index in [0.717, 1.165) is 24.4 Å². The molecule has 0 aliphatic heterocycles. The quantitative estimate of drug-likeness (QED) is 0.333. The summed E-state index contributed by atoms with van der Waals surface area (Å²) in [5, 5.41) is 0. The van der Waals surface area contributed by atoms with Gasteiger partial charge in [0, 0.05) is 24.6 Å². The minimum Gasteiger partial charge on any atom is -0.379 e. The first kappa shape index (κ1) is 23.9. The van der Waals surface area contributed by atoms with E-state index in [4.69, 9.17) is 28.4 Å². The molecule has 0 aliphatic rings. The second kappa shape index (κ2) is 18.2. The predicted molar refractivity (Wildman–Crippen MR) is 101 cm³/mol. The van der Waals surface area contributed by atoms with Gasteiger partial charge in [-0.05, 0) is 13.3 Å². The standard InChI is InChI=1S/C19H34N2O6/c1-3-4-22-5-6-23-7-8-24-9-10-25-11-12-26-13-14-27-17-19-15-20-18(2)21-16-19/h15-16H,3-14,17H2,1-2H3. The van der Waals surface area contributed by atoms with Crippen molar-refractivity contribution >= 4 is 0 Å². The predicted octanol–water partition coefficient (Wildman–Crippen LogP) is 1.79. The number of nitrogens with zero attached hydrogens (tertiary/aromatic N) is 2. The molecule has 1 aromatic heterocycles. The maximum Gasteiger partial charge on any atom is 0.125 e. The van der Waals surface area contributed by atoms with Crippen molar-refractivity contribution in [1.29, 1.82) is 0 Å². The van der Waals surface area contributed by atoms with E-state index in [9.17, 15) is 0 Å². The molecule has 0 aliphatic carbocycles. The summed E-state index contributed by atoms with van der Waals surface area (Å²) in [6.07, 6.45) is 4.58. The summed E-state index contributed by atoms with van der Waals surface area (Å²) in [5.74, 6) is 0.758. The van der Waals surface area contributed by atoms with Crippen molar-refractivity contribution in [2.75, 3.05) is 72.7 Å². The molecule has 0 spiro atoms. The molecule has 8 nitrogen and oxygen atoms in total. The van der Waals surface area contributed by atoms with Crippen molar-refractivity contribution in [1.82, 2.24) is 9.97 Å². The number of aromatic nitrogens is 2. The molecular formula is C19H34N2O6. The first-order chi connectivity index (χ1) is 13.3. The second-order valence-corrected chi connectivity index (χ2v) is 5.75. The average Bonchev–Trinajstić information content (AvgIpc) is 2.68. The van der Waals surface area contributed by atoms with Crippen LogP contribution in [0.2, 0.25) is 0 Å². The first-order valence-corrected chi connectivity index (χ1v) is 9.57. The topological polar surface area (TPSA) is 81.2 Å². The van der Waals surface area contributed by atoms with Gasteiger partial charge >= 0.3 is 0 Å². The lowest BCUT2D eigenvalue weighted by Gasteiger charge is -2.08. The lowest BCUT2D eigenvalue weighted by molar-refractivity contribution is -0.0176. The molecule has 0 radical (unpaired) electrons. The van der Waals surface area contributed by atoms with Crippen LogP contribution in [-0.2, 0) is 35.0 Å². The van der Waals surface area contributed by atoms with Gasteiger partial charge in [0.2, 0.25) is 0 Å². The van der Waals surface area contributed by atoms with Crippen LogP contribution < -0.4 is 0 Å². The smallest absolute Gasteiger partial charge is 0.125 e. The highest BCUT2D eigenvalue weighted by molar-refractivity contribution is 5.02. The van der Waals surface area contributed by atoms with Gasteiger partial charge in [0.1, 0.15) is 5.82 Å². The molecule has 0 unspecified atom stereocenters. The highest BCUT2D eigenvalue weighted by Crippen LogP contribution is 1.97. The van der Waals surface area contributed by atoms with Gasteiger partial charge in [0.15, 0.2) is 0 Å². The van der Waals surface area contributed by atoms with E-state index in [1.165, 1.54) is 0 Å². The van der Waals surface area contributed by atoms with Crippen LogP contribution in [0.1, 0.15) is 24.7 Å². The summed E-state index contributed by atoms with van der Waals surface area (Å²) in [6.45, 7) is 10.9. The summed E-state index contributed by atoms with van der Waals surface area (Å²) in [7, 11) is 0. The summed E-state index contributed by atoms with van der Waals surface area (Å²) in [6, 6.07) is 0. The number of aryl methyl sites for hydroxylation is 1. The average molecular weight is 386 g/mol. The molecule has 8 heteroatoms. The maximum atomic E-state index is 5.49. The van der Waals surface area contributed by atoms with E-state index in [2.05, 4.69) is 16.9 Å². The van der Waals surface area contributed by atoms with Crippen molar-refractivity contribution in [2.24, 2.45) is 0 Å². The SMILES string of the molecule is CCCOCCOCCOCCOCCOCCOCc1cnc(C)nc1. The second-order valence-electron chi connectivity index (χ2n) is 5.75. The summed E-state index contributed by atoms with van der Waals surface area (Å²) < 4.78 is 32.4. The molecule has 0 saturated carbocycles. The van der Waals surface area contributed by atoms with Crippen LogP contribution in [0.4, 0.5) is 0 Å². The van der Waals surface area contributed by atoms with Gasteiger partial charge in [-0.15, -0.1) is 0 Å². The molecule has 1 heterocycles. The van der Waals surface area contributed by atoms with Crippen molar-refractivity contribution in [2.45, 2.75) is 26.9 Å². The van der Waals surface area contributed by atoms with Crippen molar-refractivity contribution in [3.05, 3.63) is 23.8 Å². The third kappa shape index (κ3) is 15.6. The Balaban J connectivity index is 1.71. The largest absolute Gasteiger partial charge is 0.379 e. The fourth-order valence-electron chi connectivity index (χ4n) is 1.93. The van der Waals surface area contributed by atoms with Crippen molar-refractivity contribution < 1.29 is 28.4 Å². The molecule has 156 valence electrons. The zero-order chi connectivity index (χ0) is 19.4. The molecule has 1 aromatic rings. The monoisotopic (exact) mass is 386 g/mol. The molecular weight excluding hydrogens is 352 g/mol. The van der Waals surface area contributed by atoms with E-state index in [0.29, 0.717) is 72.7 Å². The highest BCUT2D eigenvalue weighted by atomic mass is 16.6. The normalized spacial score (nSPS) is 11.2. The van der Waals surface area contributed by atoms with Crippen LogP contribution >= 0.6 is 0 Å². The molecule has 0 aromatic carbocycles. The van der Waals surface area contributed by atoms with E-state index in [1.807, 2.05) is 6.92 Å². The zero-order valence-corrected chi connectivity index (χ0v) is 16.7. The van der Waals surface area contributed by atoms with Gasteiger partial charge in [-0.1, -0.05) is 6.92 Å². The van der Waals surface area contributed by atoms with Crippen LogP contribution in [0.3, 0.4) is 0 Å². The highest BCUT2D eigenvalue weighted by Gasteiger charge is 1.96. The molecule has 0 bridgehead atoms. The van der Waals surface area contributed by atoms with Gasteiger partial charge in [0.25, 0.3) is 0 Å². The Kier molecular flexibility index (Phi) is 16.1. The van der Waals surface area contributed by atoms with Crippen LogP contribution in [0.5, 0.6) is 0 Å². The fraction of sp³-hybridized carbons (Fsp3) is 0.789. The molecule has 0 amide bonds. The van der Waals surface area contributed by atoms with Gasteiger partial charge in [-0.25, -0.2) is 9.97 Å². The lowest BCUT2D eigenvalue weighted by atomic mass is 10.4. The Hall–Kier alpha value is -1.16. The number of hydrogen-bond acceptors (Lipinski definition) is 8.